The molecule has 2 atom stereocenters. The van der Waals surface area contributed by atoms with Crippen LogP contribution in [0.2, 0.25) is 0 Å². The van der Waals surface area contributed by atoms with Gasteiger partial charge in [0, 0.05) is 5.92 Å². The number of hydrogen-bond donors (Lipinski definition) is 3. The van der Waals surface area contributed by atoms with E-state index in [1.807, 2.05) is 48.5 Å². The number of nitrogens with one attached hydrogen (secondary N) is 2. The van der Waals surface area contributed by atoms with Crippen molar-refractivity contribution in [3.05, 3.63) is 72.3 Å². The Labute approximate surface area is 196 Å². The van der Waals surface area contributed by atoms with Gasteiger partial charge in [-0.05, 0) is 28.7 Å². The van der Waals surface area contributed by atoms with Gasteiger partial charge in [-0.1, -0.05) is 54.6 Å². The van der Waals surface area contributed by atoms with Crippen LogP contribution in [0.3, 0.4) is 0 Å². The maximum absolute atomic E-state index is 12.6. The van der Waals surface area contributed by atoms with Gasteiger partial charge in [0.05, 0.1) is 13.5 Å². The largest absolute Gasteiger partial charge is 0.480 e. The molecule has 1 aliphatic rings. The van der Waals surface area contributed by atoms with E-state index in [1.165, 1.54) is 6.08 Å². The molecule has 0 fully saturated rings. The molecule has 1 unspecified atom stereocenters. The van der Waals surface area contributed by atoms with Crippen LogP contribution in [0.4, 0.5) is 4.79 Å². The molecular formula is C25H26N2O7. The number of hydrogen-bond acceptors (Lipinski definition) is 6. The number of alkyl carbamates (subject to hydrolysis) is 1. The van der Waals surface area contributed by atoms with Gasteiger partial charge in [0.15, 0.2) is 0 Å². The van der Waals surface area contributed by atoms with E-state index in [-0.39, 0.29) is 18.9 Å². The summed E-state index contributed by atoms with van der Waals surface area (Å²) in [6.45, 7) is 3.62. The van der Waals surface area contributed by atoms with Gasteiger partial charge < -0.3 is 25.2 Å². The highest BCUT2D eigenvalue weighted by atomic mass is 16.5. The number of carbonyl (C=O) groups excluding carboxylic acids is 3. The Morgan fingerprint density at radius 3 is 2.12 bits per heavy atom. The molecule has 0 heterocycles. The van der Waals surface area contributed by atoms with Crippen molar-refractivity contribution in [3.63, 3.8) is 0 Å². The molecule has 0 aromatic heterocycles. The first-order valence-electron chi connectivity index (χ1n) is 10.7. The third-order valence-corrected chi connectivity index (χ3v) is 5.57. The Morgan fingerprint density at radius 2 is 1.59 bits per heavy atom. The van der Waals surface area contributed by atoms with E-state index in [0.29, 0.717) is 0 Å². The number of fused-ring (bicyclic) bond motifs is 3. The number of methoxy groups -OCH3 is 1. The van der Waals surface area contributed by atoms with E-state index in [4.69, 9.17) is 4.74 Å². The molecule has 0 bridgehead atoms. The van der Waals surface area contributed by atoms with E-state index in [9.17, 15) is 24.3 Å². The Balaban J connectivity index is 1.64. The summed E-state index contributed by atoms with van der Waals surface area (Å²) in [5.41, 5.74) is 4.26. The predicted octanol–water partition coefficient (Wildman–Crippen LogP) is 2.60. The predicted molar refractivity (Wildman–Crippen MR) is 123 cm³/mol. The Kier molecular flexibility index (Phi) is 8.02. The van der Waals surface area contributed by atoms with Crippen LogP contribution >= 0.6 is 0 Å². The first-order valence-corrected chi connectivity index (χ1v) is 10.7. The van der Waals surface area contributed by atoms with Crippen LogP contribution in [0.15, 0.2) is 61.2 Å². The second-order valence-corrected chi connectivity index (χ2v) is 7.73. The van der Waals surface area contributed by atoms with Gasteiger partial charge in [-0.25, -0.2) is 9.59 Å². The number of carboxylic acids is 1. The molecule has 0 saturated heterocycles. The lowest BCUT2D eigenvalue weighted by atomic mass is 9.98. The van der Waals surface area contributed by atoms with Crippen molar-refractivity contribution in [2.45, 2.75) is 30.8 Å². The van der Waals surface area contributed by atoms with E-state index in [2.05, 4.69) is 21.9 Å². The van der Waals surface area contributed by atoms with Gasteiger partial charge >= 0.3 is 18.0 Å². The zero-order valence-electron chi connectivity index (χ0n) is 18.7. The van der Waals surface area contributed by atoms with E-state index in [0.717, 1.165) is 29.4 Å². The van der Waals surface area contributed by atoms with Crippen molar-refractivity contribution in [2.24, 2.45) is 0 Å². The van der Waals surface area contributed by atoms with Crippen LogP contribution in [0.1, 0.15) is 29.9 Å². The molecule has 3 rings (SSSR count). The highest BCUT2D eigenvalue weighted by Gasteiger charge is 2.31. The minimum Gasteiger partial charge on any atom is -0.480 e. The molecular weight excluding hydrogens is 440 g/mol. The van der Waals surface area contributed by atoms with Gasteiger partial charge in [0.2, 0.25) is 5.91 Å². The number of benzene rings is 2. The Morgan fingerprint density at radius 1 is 1.00 bits per heavy atom. The highest BCUT2D eigenvalue weighted by Crippen LogP contribution is 2.44. The monoisotopic (exact) mass is 466 g/mol. The molecule has 0 radical (unpaired) electrons. The molecule has 2 amide bonds. The highest BCUT2D eigenvalue weighted by molar-refractivity contribution is 5.91. The zero-order valence-corrected chi connectivity index (χ0v) is 18.7. The maximum Gasteiger partial charge on any atom is 0.407 e. The minimum atomic E-state index is -1.50. The lowest BCUT2D eigenvalue weighted by Crippen LogP contribution is -2.52. The van der Waals surface area contributed by atoms with Gasteiger partial charge in [0.25, 0.3) is 0 Å². The van der Waals surface area contributed by atoms with Crippen molar-refractivity contribution >= 4 is 23.9 Å². The second-order valence-electron chi connectivity index (χ2n) is 7.73. The van der Waals surface area contributed by atoms with Crippen LogP contribution in [-0.2, 0) is 23.9 Å². The fourth-order valence-electron chi connectivity index (χ4n) is 3.90. The fraction of sp³-hybridized carbons (Fsp3) is 0.280. The number of amides is 2. The first-order chi connectivity index (χ1) is 16.3. The second kappa shape index (κ2) is 11.1. The van der Waals surface area contributed by atoms with Crippen LogP contribution in [0.25, 0.3) is 11.1 Å². The lowest BCUT2D eigenvalue weighted by Gasteiger charge is -2.21. The first kappa shape index (κ1) is 24.5. The van der Waals surface area contributed by atoms with Crippen molar-refractivity contribution in [2.75, 3.05) is 13.7 Å². The fourth-order valence-corrected chi connectivity index (χ4v) is 3.90. The quantitative estimate of drug-likeness (QED) is 0.362. The van der Waals surface area contributed by atoms with Crippen LogP contribution in [0.5, 0.6) is 0 Å². The number of ether oxygens (including phenoxy) is 2. The minimum absolute atomic E-state index is 0.0284. The van der Waals surface area contributed by atoms with E-state index >= 15 is 0 Å². The Bertz CT molecular complexity index is 1050. The molecule has 9 nitrogen and oxygen atoms in total. The van der Waals surface area contributed by atoms with Crippen LogP contribution < -0.4 is 10.6 Å². The average Bonchev–Trinajstić information content (AvgIpc) is 3.15. The average molecular weight is 466 g/mol. The number of esters is 1. The molecule has 0 spiro atoms. The maximum atomic E-state index is 12.6. The van der Waals surface area contributed by atoms with E-state index in [1.54, 1.807) is 0 Å². The van der Waals surface area contributed by atoms with Gasteiger partial charge in [-0.3, -0.25) is 9.59 Å². The third kappa shape index (κ3) is 5.61. The lowest BCUT2D eigenvalue weighted by molar-refractivity contribution is -0.148. The summed E-state index contributed by atoms with van der Waals surface area (Å²) in [7, 11) is 1.11. The summed E-state index contributed by atoms with van der Waals surface area (Å²) in [6, 6.07) is 13.1. The summed E-state index contributed by atoms with van der Waals surface area (Å²) in [5.74, 6) is -3.14. The van der Waals surface area contributed by atoms with Crippen LogP contribution in [0, 0.1) is 0 Å². The summed E-state index contributed by atoms with van der Waals surface area (Å²) in [5, 5.41) is 14.0. The molecule has 34 heavy (non-hydrogen) atoms. The molecule has 0 saturated carbocycles. The molecule has 178 valence electrons. The van der Waals surface area contributed by atoms with Crippen molar-refractivity contribution in [3.8, 4) is 11.1 Å². The third-order valence-electron chi connectivity index (χ3n) is 5.57. The number of carboxylic acid groups (broad SMARTS) is 1. The van der Waals surface area contributed by atoms with Crippen molar-refractivity contribution in [1.82, 2.24) is 10.6 Å². The normalized spacial score (nSPS) is 13.6. The smallest absolute Gasteiger partial charge is 0.407 e. The SMILES string of the molecule is C=CCC(NC(=O)OCC1c2ccccc2-c2ccccc21)C(=O)N[C@H](CC(=O)OC)C(=O)O. The standard InChI is InChI=1S/C25H26N2O7/c1-3-8-20(23(29)26-21(24(30)31)13-22(28)33-2)27-25(32)34-14-19-17-11-6-4-9-15(17)16-10-5-7-12-18(16)19/h3-7,9-12,19-21H,1,8,13-14H2,2H3,(H,26,29)(H,27,32)(H,30,31)/t20?,21-/m1/s1. The molecule has 3 N–H and O–H groups in total. The molecule has 0 aliphatic heterocycles. The summed E-state index contributed by atoms with van der Waals surface area (Å²) in [4.78, 5) is 47.9. The summed E-state index contributed by atoms with van der Waals surface area (Å²) < 4.78 is 9.90. The van der Waals surface area contributed by atoms with Gasteiger partial charge in [0.1, 0.15) is 18.7 Å². The molecule has 9 heteroatoms. The number of carbonyl (C=O) groups is 4. The molecule has 1 aliphatic carbocycles. The molecule has 2 aromatic carbocycles. The van der Waals surface area contributed by atoms with Crippen molar-refractivity contribution < 1.29 is 33.8 Å². The Hall–Kier alpha value is -4.14. The van der Waals surface area contributed by atoms with Gasteiger partial charge in [-0.15, -0.1) is 6.58 Å². The number of rotatable bonds is 10. The van der Waals surface area contributed by atoms with Crippen LogP contribution in [-0.4, -0.2) is 54.8 Å². The van der Waals surface area contributed by atoms with E-state index < -0.39 is 42.4 Å². The number of aliphatic carboxylic acids is 1. The summed E-state index contributed by atoms with van der Waals surface area (Å²) >= 11 is 0. The molecule has 2 aromatic rings. The topological polar surface area (TPSA) is 131 Å². The van der Waals surface area contributed by atoms with Gasteiger partial charge in [-0.2, -0.15) is 0 Å². The summed E-state index contributed by atoms with van der Waals surface area (Å²) in [6.07, 6.45) is 0.0530. The van der Waals surface area contributed by atoms with Crippen molar-refractivity contribution in [1.29, 1.82) is 0 Å². The zero-order chi connectivity index (χ0) is 24.7.